The van der Waals surface area contributed by atoms with E-state index in [1.807, 2.05) is 48.5 Å². The Labute approximate surface area is 201 Å². The molecule has 0 amide bonds. The minimum atomic E-state index is -0.550. The Morgan fingerprint density at radius 1 is 1.00 bits per heavy atom. The lowest BCUT2D eigenvalue weighted by atomic mass is 9.78. The van der Waals surface area contributed by atoms with Gasteiger partial charge in [-0.05, 0) is 53.8 Å². The van der Waals surface area contributed by atoms with Gasteiger partial charge in [-0.1, -0.05) is 41.9 Å². The van der Waals surface area contributed by atoms with Gasteiger partial charge in [-0.25, -0.2) is 0 Å². The number of halogens is 1. The standard InChI is InChI=1S/C26H22ClN3O4/c1-34-18-9-6-15(7-10-18)17-12-22-25(24(31)14-17)26(29-21-5-3-2-4-20(21)28-22)16-8-11-19(27)23(13-16)30(32)33/h2-11,13,17,26,28-29H,12,14H2,1H3/t17-,26+/m0/s1. The molecule has 3 aromatic rings. The highest BCUT2D eigenvalue weighted by Gasteiger charge is 2.36. The Bertz CT molecular complexity index is 1320. The van der Waals surface area contributed by atoms with E-state index >= 15 is 0 Å². The van der Waals surface area contributed by atoms with Gasteiger partial charge >= 0.3 is 0 Å². The number of para-hydroxylation sites is 2. The van der Waals surface area contributed by atoms with Crippen LogP contribution in [0.4, 0.5) is 17.1 Å². The van der Waals surface area contributed by atoms with Crippen LogP contribution in [-0.2, 0) is 4.79 Å². The largest absolute Gasteiger partial charge is 0.497 e. The number of nitro groups is 1. The number of methoxy groups -OCH3 is 1. The van der Waals surface area contributed by atoms with Crippen molar-refractivity contribution in [3.63, 3.8) is 0 Å². The first-order chi connectivity index (χ1) is 16.4. The predicted molar refractivity (Wildman–Crippen MR) is 132 cm³/mol. The molecule has 7 nitrogen and oxygen atoms in total. The topological polar surface area (TPSA) is 93.5 Å². The third kappa shape index (κ3) is 3.99. The van der Waals surface area contributed by atoms with Gasteiger partial charge in [0.05, 0.1) is 29.4 Å². The van der Waals surface area contributed by atoms with Crippen LogP contribution in [0.15, 0.2) is 78.0 Å². The van der Waals surface area contributed by atoms with Crippen molar-refractivity contribution in [1.82, 2.24) is 0 Å². The normalized spacial score (nSPS) is 19.3. The Kier molecular flexibility index (Phi) is 5.71. The van der Waals surface area contributed by atoms with Gasteiger partial charge in [0, 0.05) is 23.8 Å². The maximum absolute atomic E-state index is 13.6. The molecule has 1 aliphatic heterocycles. The number of Topliss-reactive ketones (excluding diaryl/α,β-unsaturated/α-hetero) is 1. The molecule has 3 aromatic carbocycles. The van der Waals surface area contributed by atoms with Crippen molar-refractivity contribution in [2.24, 2.45) is 0 Å². The Morgan fingerprint density at radius 2 is 1.71 bits per heavy atom. The summed E-state index contributed by atoms with van der Waals surface area (Å²) in [7, 11) is 1.62. The number of carbonyl (C=O) groups excluding carboxylic acids is 1. The minimum Gasteiger partial charge on any atom is -0.497 e. The highest BCUT2D eigenvalue weighted by molar-refractivity contribution is 6.32. The summed E-state index contributed by atoms with van der Waals surface area (Å²) >= 11 is 6.06. The monoisotopic (exact) mass is 475 g/mol. The summed E-state index contributed by atoms with van der Waals surface area (Å²) in [6.07, 6.45) is 0.979. The third-order valence-electron chi connectivity index (χ3n) is 6.40. The van der Waals surface area contributed by atoms with Gasteiger partial charge in [-0.15, -0.1) is 0 Å². The summed E-state index contributed by atoms with van der Waals surface area (Å²) in [6, 6.07) is 19.6. The molecule has 0 bridgehead atoms. The Morgan fingerprint density at radius 3 is 2.41 bits per heavy atom. The lowest BCUT2D eigenvalue weighted by molar-refractivity contribution is -0.384. The molecule has 2 aliphatic rings. The second-order valence-corrected chi connectivity index (χ2v) is 8.82. The van der Waals surface area contributed by atoms with Crippen molar-refractivity contribution in [2.45, 2.75) is 24.8 Å². The average molecular weight is 476 g/mol. The summed E-state index contributed by atoms with van der Waals surface area (Å²) in [6.45, 7) is 0. The van der Waals surface area contributed by atoms with Gasteiger partial charge in [-0.2, -0.15) is 0 Å². The number of benzene rings is 3. The number of hydrogen-bond donors (Lipinski definition) is 2. The van der Waals surface area contributed by atoms with Crippen LogP contribution in [0, 0.1) is 10.1 Å². The van der Waals surface area contributed by atoms with Crippen LogP contribution in [-0.4, -0.2) is 17.8 Å². The van der Waals surface area contributed by atoms with Crippen LogP contribution < -0.4 is 15.4 Å². The number of hydrogen-bond acceptors (Lipinski definition) is 6. The molecule has 5 rings (SSSR count). The number of anilines is 2. The van der Waals surface area contributed by atoms with E-state index in [4.69, 9.17) is 16.3 Å². The van der Waals surface area contributed by atoms with Gasteiger partial charge < -0.3 is 15.4 Å². The highest BCUT2D eigenvalue weighted by atomic mass is 35.5. The van der Waals surface area contributed by atoms with Gasteiger partial charge in [0.15, 0.2) is 5.78 Å². The van der Waals surface area contributed by atoms with Crippen LogP contribution in [0.3, 0.4) is 0 Å². The van der Waals surface area contributed by atoms with E-state index in [1.165, 1.54) is 12.1 Å². The Hall–Kier alpha value is -3.84. The molecule has 0 saturated carbocycles. The number of ketones is 1. The second-order valence-electron chi connectivity index (χ2n) is 8.41. The van der Waals surface area contributed by atoms with Crippen molar-refractivity contribution >= 4 is 34.4 Å². The molecule has 0 unspecified atom stereocenters. The van der Waals surface area contributed by atoms with Crippen LogP contribution >= 0.6 is 11.6 Å². The van der Waals surface area contributed by atoms with Crippen LogP contribution in [0.5, 0.6) is 5.75 Å². The summed E-state index contributed by atoms with van der Waals surface area (Å²) in [5, 5.41) is 18.5. The van der Waals surface area contributed by atoms with E-state index in [2.05, 4.69) is 10.6 Å². The smallest absolute Gasteiger partial charge is 0.288 e. The molecular formula is C26H22ClN3O4. The fourth-order valence-corrected chi connectivity index (χ4v) is 4.89. The summed E-state index contributed by atoms with van der Waals surface area (Å²) < 4.78 is 5.26. The lowest BCUT2D eigenvalue weighted by Gasteiger charge is -2.30. The SMILES string of the molecule is COc1ccc([C@@H]2CC(=O)C3=C(C2)Nc2ccccc2N[C@@H]3c2ccc(Cl)c([N+](=O)[O-])c2)cc1. The number of ether oxygens (including phenoxy) is 1. The molecule has 1 heterocycles. The van der Waals surface area contributed by atoms with Gasteiger partial charge in [0.25, 0.3) is 5.69 Å². The van der Waals surface area contributed by atoms with E-state index in [1.54, 1.807) is 13.2 Å². The maximum atomic E-state index is 13.6. The van der Waals surface area contributed by atoms with E-state index < -0.39 is 11.0 Å². The number of nitrogens with one attached hydrogen (secondary N) is 2. The molecule has 0 saturated heterocycles. The molecule has 1 aliphatic carbocycles. The number of fused-ring (bicyclic) bond motifs is 1. The van der Waals surface area contributed by atoms with Crippen molar-refractivity contribution < 1.29 is 14.5 Å². The number of nitrogens with zero attached hydrogens (tertiary/aromatic N) is 1. The number of rotatable bonds is 4. The lowest BCUT2D eigenvalue weighted by Crippen LogP contribution is -2.27. The zero-order chi connectivity index (χ0) is 23.8. The van der Waals surface area contributed by atoms with E-state index in [0.29, 0.717) is 24.0 Å². The molecule has 8 heteroatoms. The first-order valence-electron chi connectivity index (χ1n) is 10.9. The van der Waals surface area contributed by atoms with Crippen molar-refractivity contribution in [3.05, 3.63) is 104 Å². The first-order valence-corrected chi connectivity index (χ1v) is 11.3. The van der Waals surface area contributed by atoms with E-state index in [0.717, 1.165) is 28.4 Å². The predicted octanol–water partition coefficient (Wildman–Crippen LogP) is 6.24. The molecule has 172 valence electrons. The van der Waals surface area contributed by atoms with Crippen molar-refractivity contribution in [3.8, 4) is 5.75 Å². The zero-order valence-corrected chi connectivity index (χ0v) is 19.1. The number of allylic oxidation sites excluding steroid dienone is 1. The van der Waals surface area contributed by atoms with Crippen LogP contribution in [0.1, 0.15) is 35.9 Å². The van der Waals surface area contributed by atoms with Crippen LogP contribution in [0.25, 0.3) is 0 Å². The quantitative estimate of drug-likeness (QED) is 0.343. The summed E-state index contributed by atoms with van der Waals surface area (Å²) in [4.78, 5) is 24.6. The second kappa shape index (κ2) is 8.83. The molecular weight excluding hydrogens is 454 g/mol. The molecule has 0 radical (unpaired) electrons. The average Bonchev–Trinajstić information content (AvgIpc) is 3.01. The maximum Gasteiger partial charge on any atom is 0.288 e. The summed E-state index contributed by atoms with van der Waals surface area (Å²) in [5.41, 5.74) is 4.56. The molecule has 0 fully saturated rings. The first kappa shape index (κ1) is 22.0. The van der Waals surface area contributed by atoms with E-state index in [9.17, 15) is 14.9 Å². The fraction of sp³-hybridized carbons (Fsp3) is 0.192. The van der Waals surface area contributed by atoms with E-state index in [-0.39, 0.29) is 22.4 Å². The van der Waals surface area contributed by atoms with Crippen LogP contribution in [0.2, 0.25) is 5.02 Å². The third-order valence-corrected chi connectivity index (χ3v) is 6.72. The fourth-order valence-electron chi connectivity index (χ4n) is 4.70. The highest BCUT2D eigenvalue weighted by Crippen LogP contribution is 2.45. The summed E-state index contributed by atoms with van der Waals surface area (Å²) in [5.74, 6) is 0.772. The van der Waals surface area contributed by atoms with Gasteiger partial charge in [-0.3, -0.25) is 14.9 Å². The zero-order valence-electron chi connectivity index (χ0n) is 18.4. The molecule has 34 heavy (non-hydrogen) atoms. The minimum absolute atomic E-state index is 0.00234. The van der Waals surface area contributed by atoms with Crippen molar-refractivity contribution in [2.75, 3.05) is 17.7 Å². The Balaban J connectivity index is 1.60. The van der Waals surface area contributed by atoms with Gasteiger partial charge in [0.1, 0.15) is 10.8 Å². The van der Waals surface area contributed by atoms with Crippen molar-refractivity contribution in [1.29, 1.82) is 0 Å². The number of carbonyl (C=O) groups is 1. The van der Waals surface area contributed by atoms with Gasteiger partial charge in [0.2, 0.25) is 0 Å². The molecule has 0 aromatic heterocycles. The molecule has 2 N–H and O–H groups in total. The molecule has 0 spiro atoms. The molecule has 2 atom stereocenters. The number of nitro benzene ring substituents is 1.